The summed E-state index contributed by atoms with van der Waals surface area (Å²) in [7, 11) is 3.23. The molecule has 0 atom stereocenters. The summed E-state index contributed by atoms with van der Waals surface area (Å²) in [6, 6.07) is 5.50. The van der Waals surface area contributed by atoms with E-state index in [9.17, 15) is 5.11 Å². The first-order chi connectivity index (χ1) is 10.9. The topological polar surface area (TPSA) is 75.1 Å². The van der Waals surface area contributed by atoms with Gasteiger partial charge in [0.2, 0.25) is 0 Å². The number of hydrogen-bond donors (Lipinski definition) is 3. The third kappa shape index (κ3) is 7.57. The molecular weight excluding hydrogens is 421 g/mol. The summed E-state index contributed by atoms with van der Waals surface area (Å²) in [6.45, 7) is 8.00. The Labute approximate surface area is 162 Å². The van der Waals surface area contributed by atoms with Crippen LogP contribution in [0.15, 0.2) is 23.2 Å². The predicted molar refractivity (Wildman–Crippen MR) is 109 cm³/mol. The van der Waals surface area contributed by atoms with Gasteiger partial charge in [0, 0.05) is 20.2 Å². The van der Waals surface area contributed by atoms with Gasteiger partial charge in [0.25, 0.3) is 0 Å². The Bertz CT molecular complexity index is 522. The highest BCUT2D eigenvalue weighted by molar-refractivity contribution is 14.0. The van der Waals surface area contributed by atoms with Crippen LogP contribution in [-0.4, -0.2) is 50.5 Å². The normalized spacial score (nSPS) is 11.6. The van der Waals surface area contributed by atoms with E-state index in [1.165, 1.54) is 0 Å². The number of benzene rings is 1. The minimum atomic E-state index is -0.298. The highest BCUT2D eigenvalue weighted by Crippen LogP contribution is 2.29. The number of guanidine groups is 1. The Hall–Kier alpha value is -1.22. The van der Waals surface area contributed by atoms with E-state index in [1.54, 1.807) is 20.3 Å². The van der Waals surface area contributed by atoms with Crippen LogP contribution < -0.4 is 15.4 Å². The number of aromatic hydroxyl groups is 1. The van der Waals surface area contributed by atoms with Crippen LogP contribution in [0.5, 0.6) is 11.5 Å². The smallest absolute Gasteiger partial charge is 0.191 e. The van der Waals surface area contributed by atoms with E-state index in [0.717, 1.165) is 18.1 Å². The second-order valence-corrected chi connectivity index (χ2v) is 5.80. The van der Waals surface area contributed by atoms with Crippen molar-refractivity contribution in [2.24, 2.45) is 4.99 Å². The van der Waals surface area contributed by atoms with Gasteiger partial charge in [-0.15, -0.1) is 24.0 Å². The number of rotatable bonds is 8. The second-order valence-electron chi connectivity index (χ2n) is 5.80. The minimum Gasteiger partial charge on any atom is -0.504 e. The molecule has 0 aromatic heterocycles. The Morgan fingerprint density at radius 3 is 2.54 bits per heavy atom. The third-order valence-corrected chi connectivity index (χ3v) is 3.50. The SMILES string of the molecule is CCNC(=NCC(C)(C)OC)NCCc1cccc(OC)c1O.I. The average molecular weight is 451 g/mol. The Kier molecular flexibility index (Phi) is 10.8. The van der Waals surface area contributed by atoms with Crippen molar-refractivity contribution in [3.8, 4) is 11.5 Å². The number of methoxy groups -OCH3 is 2. The van der Waals surface area contributed by atoms with Crippen LogP contribution in [0.25, 0.3) is 0 Å². The summed E-state index contributed by atoms with van der Waals surface area (Å²) in [4.78, 5) is 4.53. The fraction of sp³-hybridized carbons (Fsp3) is 0.588. The maximum absolute atomic E-state index is 10.1. The van der Waals surface area contributed by atoms with E-state index >= 15 is 0 Å². The molecule has 0 aliphatic carbocycles. The van der Waals surface area contributed by atoms with Gasteiger partial charge >= 0.3 is 0 Å². The standard InChI is InChI=1S/C17H29N3O3.HI/c1-6-18-16(20-12-17(2,3)23-5)19-11-10-13-8-7-9-14(22-4)15(13)21;/h7-9,21H,6,10-12H2,1-5H3,(H2,18,19,20);1H. The zero-order valence-corrected chi connectivity index (χ0v) is 17.5. The lowest BCUT2D eigenvalue weighted by molar-refractivity contribution is 0.0310. The van der Waals surface area contributed by atoms with Gasteiger partial charge in [-0.05, 0) is 38.8 Å². The van der Waals surface area contributed by atoms with Crippen LogP contribution in [0.4, 0.5) is 0 Å². The molecule has 6 nitrogen and oxygen atoms in total. The van der Waals surface area contributed by atoms with Gasteiger partial charge in [0.1, 0.15) is 0 Å². The van der Waals surface area contributed by atoms with Crippen LogP contribution in [0, 0.1) is 0 Å². The lowest BCUT2D eigenvalue weighted by Crippen LogP contribution is -2.40. The quantitative estimate of drug-likeness (QED) is 0.322. The van der Waals surface area contributed by atoms with Crippen molar-refractivity contribution in [2.75, 3.05) is 33.9 Å². The molecule has 138 valence electrons. The van der Waals surface area contributed by atoms with Crippen molar-refractivity contribution >= 4 is 29.9 Å². The first-order valence-corrected chi connectivity index (χ1v) is 7.85. The number of hydrogen-bond acceptors (Lipinski definition) is 4. The monoisotopic (exact) mass is 451 g/mol. The van der Waals surface area contributed by atoms with Crippen molar-refractivity contribution in [2.45, 2.75) is 32.8 Å². The molecule has 0 radical (unpaired) electrons. The van der Waals surface area contributed by atoms with Gasteiger partial charge in [-0.2, -0.15) is 0 Å². The number of nitrogens with one attached hydrogen (secondary N) is 2. The molecule has 3 N–H and O–H groups in total. The summed E-state index contributed by atoms with van der Waals surface area (Å²) in [6.07, 6.45) is 0.668. The summed E-state index contributed by atoms with van der Waals surface area (Å²) >= 11 is 0. The number of phenolic OH excluding ortho intramolecular Hbond substituents is 1. The van der Waals surface area contributed by atoms with Gasteiger partial charge in [0.15, 0.2) is 17.5 Å². The Balaban J connectivity index is 0.00000529. The molecule has 0 aliphatic heterocycles. The summed E-state index contributed by atoms with van der Waals surface area (Å²) in [5, 5.41) is 16.5. The second kappa shape index (κ2) is 11.4. The number of nitrogens with zero attached hydrogens (tertiary/aromatic N) is 1. The molecule has 0 unspecified atom stereocenters. The third-order valence-electron chi connectivity index (χ3n) is 3.50. The molecule has 0 saturated carbocycles. The number of ether oxygens (including phenoxy) is 2. The lowest BCUT2D eigenvalue weighted by Gasteiger charge is -2.21. The number of para-hydroxylation sites is 1. The zero-order chi connectivity index (χ0) is 17.3. The number of halogens is 1. The van der Waals surface area contributed by atoms with E-state index in [1.807, 2.05) is 32.9 Å². The summed E-state index contributed by atoms with van der Waals surface area (Å²) < 4.78 is 10.5. The van der Waals surface area contributed by atoms with Crippen molar-refractivity contribution < 1.29 is 14.6 Å². The van der Waals surface area contributed by atoms with E-state index in [4.69, 9.17) is 9.47 Å². The summed E-state index contributed by atoms with van der Waals surface area (Å²) in [5.41, 5.74) is 0.540. The van der Waals surface area contributed by atoms with Crippen LogP contribution in [0.3, 0.4) is 0 Å². The maximum atomic E-state index is 10.1. The highest BCUT2D eigenvalue weighted by Gasteiger charge is 2.15. The Morgan fingerprint density at radius 2 is 1.96 bits per heavy atom. The molecule has 0 amide bonds. The first kappa shape index (κ1) is 22.8. The van der Waals surface area contributed by atoms with E-state index in [-0.39, 0.29) is 35.3 Å². The molecule has 0 bridgehead atoms. The molecule has 1 rings (SSSR count). The lowest BCUT2D eigenvalue weighted by atomic mass is 10.1. The van der Waals surface area contributed by atoms with Gasteiger partial charge in [0.05, 0.1) is 19.3 Å². The zero-order valence-electron chi connectivity index (χ0n) is 15.2. The molecule has 0 aliphatic rings. The fourth-order valence-corrected chi connectivity index (χ4v) is 1.93. The van der Waals surface area contributed by atoms with Gasteiger partial charge < -0.3 is 25.2 Å². The average Bonchev–Trinajstić information content (AvgIpc) is 2.54. The highest BCUT2D eigenvalue weighted by atomic mass is 127. The minimum absolute atomic E-state index is 0. The van der Waals surface area contributed by atoms with Gasteiger partial charge in [-0.3, -0.25) is 4.99 Å². The fourth-order valence-electron chi connectivity index (χ4n) is 1.93. The Morgan fingerprint density at radius 1 is 1.25 bits per heavy atom. The molecule has 1 aromatic carbocycles. The van der Waals surface area contributed by atoms with Crippen molar-refractivity contribution in [3.05, 3.63) is 23.8 Å². The predicted octanol–water partition coefficient (Wildman–Crippen LogP) is 2.54. The van der Waals surface area contributed by atoms with E-state index in [0.29, 0.717) is 25.3 Å². The molecule has 0 heterocycles. The number of aliphatic imine (C=N–C) groups is 1. The molecular formula is C17H30IN3O3. The van der Waals surface area contributed by atoms with Crippen LogP contribution in [-0.2, 0) is 11.2 Å². The van der Waals surface area contributed by atoms with E-state index in [2.05, 4.69) is 15.6 Å². The summed E-state index contributed by atoms with van der Waals surface area (Å²) in [5.74, 6) is 1.42. The molecule has 24 heavy (non-hydrogen) atoms. The van der Waals surface area contributed by atoms with Crippen LogP contribution in [0.1, 0.15) is 26.3 Å². The molecule has 0 saturated heterocycles. The van der Waals surface area contributed by atoms with Crippen molar-refractivity contribution in [1.29, 1.82) is 0 Å². The van der Waals surface area contributed by atoms with Gasteiger partial charge in [-0.25, -0.2) is 0 Å². The van der Waals surface area contributed by atoms with Crippen LogP contribution >= 0.6 is 24.0 Å². The first-order valence-electron chi connectivity index (χ1n) is 7.85. The van der Waals surface area contributed by atoms with Gasteiger partial charge in [-0.1, -0.05) is 12.1 Å². The molecule has 7 heteroatoms. The van der Waals surface area contributed by atoms with E-state index < -0.39 is 0 Å². The maximum Gasteiger partial charge on any atom is 0.191 e. The molecule has 1 aromatic rings. The largest absolute Gasteiger partial charge is 0.504 e. The van der Waals surface area contributed by atoms with Crippen molar-refractivity contribution in [1.82, 2.24) is 10.6 Å². The van der Waals surface area contributed by atoms with Crippen molar-refractivity contribution in [3.63, 3.8) is 0 Å². The molecule has 0 spiro atoms. The molecule has 0 fully saturated rings. The number of phenols is 1. The van der Waals surface area contributed by atoms with Crippen LogP contribution in [0.2, 0.25) is 0 Å².